The maximum Gasteiger partial charge on any atom is 0.389 e. The molecule has 0 aromatic carbocycles. The van der Waals surface area contributed by atoms with Gasteiger partial charge in [0.2, 0.25) is 5.76 Å². The summed E-state index contributed by atoms with van der Waals surface area (Å²) in [6.07, 6.45) is -5.13. The van der Waals surface area contributed by atoms with Gasteiger partial charge < -0.3 is 9.52 Å². The van der Waals surface area contributed by atoms with Gasteiger partial charge in [0.25, 0.3) is 0 Å². The van der Waals surface area contributed by atoms with Crippen LogP contribution >= 0.6 is 11.8 Å². The SMILES string of the molecule is O=C(O)c1ccc(SCCC(F)(F)F)o1. The van der Waals surface area contributed by atoms with Crippen LogP contribution in [-0.4, -0.2) is 23.0 Å². The van der Waals surface area contributed by atoms with Crippen molar-refractivity contribution in [1.82, 2.24) is 0 Å². The van der Waals surface area contributed by atoms with Crippen LogP contribution in [0.4, 0.5) is 13.2 Å². The van der Waals surface area contributed by atoms with Crippen molar-refractivity contribution < 1.29 is 27.5 Å². The first kappa shape index (κ1) is 12.0. The van der Waals surface area contributed by atoms with Crippen molar-refractivity contribution >= 4 is 17.7 Å². The van der Waals surface area contributed by atoms with Gasteiger partial charge in [-0.2, -0.15) is 13.2 Å². The summed E-state index contributed by atoms with van der Waals surface area (Å²) >= 11 is 0.836. The van der Waals surface area contributed by atoms with Gasteiger partial charge in [-0.25, -0.2) is 4.79 Å². The second-order valence-corrected chi connectivity index (χ2v) is 3.74. The summed E-state index contributed by atoms with van der Waals surface area (Å²) in [7, 11) is 0. The first-order valence-electron chi connectivity index (χ1n) is 3.91. The number of carboxylic acids is 1. The van der Waals surface area contributed by atoms with E-state index in [1.165, 1.54) is 12.1 Å². The van der Waals surface area contributed by atoms with E-state index in [0.717, 1.165) is 11.8 Å². The second kappa shape index (κ2) is 4.61. The number of alkyl halides is 3. The summed E-state index contributed by atoms with van der Waals surface area (Å²) in [6.45, 7) is 0. The molecule has 1 N–H and O–H groups in total. The number of carbonyl (C=O) groups is 1. The molecule has 1 rings (SSSR count). The minimum absolute atomic E-state index is 0.177. The fourth-order valence-corrected chi connectivity index (χ4v) is 1.63. The maximum absolute atomic E-state index is 11.8. The van der Waals surface area contributed by atoms with Crippen LogP contribution in [0.2, 0.25) is 0 Å². The third-order valence-corrected chi connectivity index (χ3v) is 2.33. The number of aromatic carboxylic acids is 1. The van der Waals surface area contributed by atoms with Crippen LogP contribution in [0.3, 0.4) is 0 Å². The van der Waals surface area contributed by atoms with E-state index in [1.54, 1.807) is 0 Å². The number of halogens is 3. The van der Waals surface area contributed by atoms with Gasteiger partial charge in [-0.1, -0.05) is 11.8 Å². The summed E-state index contributed by atoms with van der Waals surface area (Å²) < 4.78 is 40.0. The van der Waals surface area contributed by atoms with Crippen molar-refractivity contribution in [3.8, 4) is 0 Å². The van der Waals surface area contributed by atoms with E-state index < -0.39 is 18.6 Å². The number of hydrogen-bond acceptors (Lipinski definition) is 3. The number of rotatable bonds is 4. The molecule has 0 atom stereocenters. The maximum atomic E-state index is 11.8. The molecular formula is C8H7F3O3S. The summed E-state index contributed by atoms with van der Waals surface area (Å²) in [4.78, 5) is 10.4. The number of carboxylic acid groups (broad SMARTS) is 1. The molecule has 0 aliphatic rings. The zero-order valence-corrected chi connectivity index (χ0v) is 8.19. The van der Waals surface area contributed by atoms with Crippen molar-refractivity contribution in [2.45, 2.75) is 17.7 Å². The molecule has 0 spiro atoms. The highest BCUT2D eigenvalue weighted by Crippen LogP contribution is 2.27. The highest BCUT2D eigenvalue weighted by molar-refractivity contribution is 7.99. The Morgan fingerprint density at radius 2 is 2.13 bits per heavy atom. The molecule has 0 saturated heterocycles. The highest BCUT2D eigenvalue weighted by atomic mass is 32.2. The summed E-state index contributed by atoms with van der Waals surface area (Å²) in [5.74, 6) is -1.70. The molecule has 0 bridgehead atoms. The van der Waals surface area contributed by atoms with Crippen molar-refractivity contribution in [2.75, 3.05) is 5.75 Å². The second-order valence-electron chi connectivity index (χ2n) is 2.64. The third-order valence-electron chi connectivity index (χ3n) is 1.42. The fourth-order valence-electron chi connectivity index (χ4n) is 0.780. The van der Waals surface area contributed by atoms with Gasteiger partial charge in [0, 0.05) is 5.75 Å². The van der Waals surface area contributed by atoms with E-state index >= 15 is 0 Å². The topological polar surface area (TPSA) is 50.4 Å². The fraction of sp³-hybridized carbons (Fsp3) is 0.375. The number of thioether (sulfide) groups is 1. The highest BCUT2D eigenvalue weighted by Gasteiger charge is 2.26. The lowest BCUT2D eigenvalue weighted by atomic mass is 10.5. The van der Waals surface area contributed by atoms with Gasteiger partial charge in [0.15, 0.2) is 5.09 Å². The molecule has 0 radical (unpaired) electrons. The lowest BCUT2D eigenvalue weighted by molar-refractivity contribution is -0.129. The van der Waals surface area contributed by atoms with E-state index in [2.05, 4.69) is 0 Å². The van der Waals surface area contributed by atoms with Crippen molar-refractivity contribution in [3.05, 3.63) is 17.9 Å². The standard InChI is InChI=1S/C8H7F3O3S/c9-8(10,11)3-4-15-6-2-1-5(14-6)7(12)13/h1-2H,3-4H2,(H,12,13). The first-order chi connectivity index (χ1) is 6.88. The van der Waals surface area contributed by atoms with Crippen molar-refractivity contribution in [1.29, 1.82) is 0 Å². The Morgan fingerprint density at radius 1 is 1.47 bits per heavy atom. The summed E-state index contributed by atoms with van der Waals surface area (Å²) in [5, 5.41) is 8.65. The van der Waals surface area contributed by atoms with E-state index in [9.17, 15) is 18.0 Å². The Balaban J connectivity index is 2.41. The zero-order valence-electron chi connectivity index (χ0n) is 7.37. The van der Waals surface area contributed by atoms with E-state index in [0.29, 0.717) is 0 Å². The number of hydrogen-bond donors (Lipinski definition) is 1. The van der Waals surface area contributed by atoms with Crippen molar-refractivity contribution in [2.24, 2.45) is 0 Å². The van der Waals surface area contributed by atoms with Gasteiger partial charge >= 0.3 is 12.1 Å². The van der Waals surface area contributed by atoms with Crippen LogP contribution in [0.25, 0.3) is 0 Å². The molecule has 1 aromatic heterocycles. The molecule has 1 aromatic rings. The molecule has 0 fully saturated rings. The molecule has 0 aliphatic heterocycles. The zero-order chi connectivity index (χ0) is 11.5. The van der Waals surface area contributed by atoms with Crippen LogP contribution in [-0.2, 0) is 0 Å². The minimum atomic E-state index is -4.20. The average Bonchev–Trinajstić information content (AvgIpc) is 2.50. The predicted octanol–water partition coefficient (Wildman–Crippen LogP) is 3.02. The van der Waals surface area contributed by atoms with Crippen LogP contribution in [0.1, 0.15) is 17.0 Å². The monoisotopic (exact) mass is 240 g/mol. The molecule has 1 heterocycles. The van der Waals surface area contributed by atoms with Gasteiger partial charge in [-0.05, 0) is 12.1 Å². The van der Waals surface area contributed by atoms with Crippen LogP contribution in [0, 0.1) is 0 Å². The lowest BCUT2D eigenvalue weighted by Gasteiger charge is -2.03. The van der Waals surface area contributed by atoms with Gasteiger partial charge in [0.1, 0.15) is 0 Å². The summed E-state index contributed by atoms with van der Waals surface area (Å²) in [6, 6.07) is 2.54. The largest absolute Gasteiger partial charge is 0.475 e. The normalized spacial score (nSPS) is 11.7. The molecule has 0 amide bonds. The Kier molecular flexibility index (Phi) is 3.67. The van der Waals surface area contributed by atoms with Crippen LogP contribution < -0.4 is 0 Å². The Labute approximate surface area is 87.3 Å². The Bertz CT molecular complexity index is 345. The minimum Gasteiger partial charge on any atom is -0.475 e. The Hall–Kier alpha value is -1.11. The lowest BCUT2D eigenvalue weighted by Crippen LogP contribution is -2.07. The molecular weight excluding hydrogens is 233 g/mol. The smallest absolute Gasteiger partial charge is 0.389 e. The molecule has 0 aliphatic carbocycles. The number of furan rings is 1. The van der Waals surface area contributed by atoms with E-state index in [4.69, 9.17) is 9.52 Å². The molecule has 84 valence electrons. The Morgan fingerprint density at radius 3 is 2.60 bits per heavy atom. The van der Waals surface area contributed by atoms with Gasteiger partial charge in [0.05, 0.1) is 6.42 Å². The first-order valence-corrected chi connectivity index (χ1v) is 4.90. The quantitative estimate of drug-likeness (QED) is 0.822. The van der Waals surface area contributed by atoms with Crippen LogP contribution in [0.15, 0.2) is 21.6 Å². The molecule has 0 saturated carbocycles. The predicted molar refractivity (Wildman–Crippen MR) is 47.1 cm³/mol. The van der Waals surface area contributed by atoms with E-state index in [-0.39, 0.29) is 16.6 Å². The van der Waals surface area contributed by atoms with Gasteiger partial charge in [-0.15, -0.1) is 0 Å². The molecule has 7 heteroatoms. The summed E-state index contributed by atoms with van der Waals surface area (Å²) in [5.41, 5.74) is 0. The third kappa shape index (κ3) is 4.28. The van der Waals surface area contributed by atoms with Crippen molar-refractivity contribution in [3.63, 3.8) is 0 Å². The molecule has 0 unspecified atom stereocenters. The molecule has 3 nitrogen and oxygen atoms in total. The van der Waals surface area contributed by atoms with Gasteiger partial charge in [-0.3, -0.25) is 0 Å². The molecule has 15 heavy (non-hydrogen) atoms. The average molecular weight is 240 g/mol. The van der Waals surface area contributed by atoms with Crippen LogP contribution in [0.5, 0.6) is 0 Å². The van der Waals surface area contributed by atoms with E-state index in [1.807, 2.05) is 0 Å².